The molecule has 176 valence electrons. The van der Waals surface area contributed by atoms with Gasteiger partial charge in [-0.15, -0.1) is 0 Å². The molecule has 33 heavy (non-hydrogen) atoms. The number of hydrogen-bond donors (Lipinski definition) is 1. The highest BCUT2D eigenvalue weighted by atomic mass is 32.2. The smallest absolute Gasteiger partial charge is 0.251 e. The third-order valence-electron chi connectivity index (χ3n) is 6.04. The summed E-state index contributed by atoms with van der Waals surface area (Å²) in [5, 5.41) is 2.84. The first-order chi connectivity index (χ1) is 15.6. The monoisotopic (exact) mass is 473 g/mol. The number of sulfonamides is 1. The Morgan fingerprint density at radius 1 is 1.12 bits per heavy atom. The number of fused-ring (bicyclic) bond motifs is 1. The number of ether oxygens (including phenoxy) is 2. The Kier molecular flexibility index (Phi) is 6.06. The van der Waals surface area contributed by atoms with Gasteiger partial charge in [-0.3, -0.25) is 9.59 Å². The maximum absolute atomic E-state index is 13.6. The number of anilines is 1. The van der Waals surface area contributed by atoms with Crippen molar-refractivity contribution in [2.45, 2.75) is 25.9 Å². The first kappa shape index (κ1) is 23.1. The van der Waals surface area contributed by atoms with Crippen LogP contribution in [0.2, 0.25) is 0 Å². The molecule has 0 saturated carbocycles. The summed E-state index contributed by atoms with van der Waals surface area (Å²) in [6, 6.07) is 12.6. The van der Waals surface area contributed by atoms with Crippen LogP contribution < -0.4 is 14.8 Å². The Balaban J connectivity index is 1.66. The Morgan fingerprint density at radius 3 is 2.52 bits per heavy atom. The van der Waals surface area contributed by atoms with Crippen molar-refractivity contribution in [2.24, 2.45) is 0 Å². The van der Waals surface area contributed by atoms with E-state index in [2.05, 4.69) is 5.32 Å². The molecule has 1 saturated heterocycles. The fraction of sp³-hybridized carbons (Fsp3) is 0.391. The third-order valence-corrected chi connectivity index (χ3v) is 7.24. The maximum atomic E-state index is 13.6. The van der Waals surface area contributed by atoms with Crippen LogP contribution in [0.1, 0.15) is 18.1 Å². The van der Waals surface area contributed by atoms with Gasteiger partial charge in [-0.05, 0) is 37.1 Å². The van der Waals surface area contributed by atoms with Crippen LogP contribution in [0.5, 0.6) is 11.5 Å². The van der Waals surface area contributed by atoms with E-state index in [0.717, 1.165) is 21.7 Å². The van der Waals surface area contributed by atoms with Crippen molar-refractivity contribution >= 4 is 27.5 Å². The summed E-state index contributed by atoms with van der Waals surface area (Å²) in [4.78, 5) is 28.2. The van der Waals surface area contributed by atoms with Crippen LogP contribution in [-0.4, -0.2) is 67.5 Å². The summed E-state index contributed by atoms with van der Waals surface area (Å²) >= 11 is 0. The number of benzene rings is 2. The summed E-state index contributed by atoms with van der Waals surface area (Å²) < 4.78 is 36.7. The number of aryl methyl sites for hydroxylation is 1. The number of amides is 2. The lowest BCUT2D eigenvalue weighted by molar-refractivity contribution is -0.151. The van der Waals surface area contributed by atoms with Gasteiger partial charge >= 0.3 is 0 Å². The topological polar surface area (TPSA) is 105 Å². The molecule has 2 amide bonds. The van der Waals surface area contributed by atoms with E-state index in [1.54, 1.807) is 25.1 Å². The zero-order valence-electron chi connectivity index (χ0n) is 18.8. The Morgan fingerprint density at radius 2 is 1.82 bits per heavy atom. The molecule has 1 N–H and O–H groups in total. The lowest BCUT2D eigenvalue weighted by atomic mass is 9.94. The molecular formula is C23H27N3O6S. The van der Waals surface area contributed by atoms with Gasteiger partial charge in [0.1, 0.15) is 18.8 Å². The van der Waals surface area contributed by atoms with E-state index < -0.39 is 27.4 Å². The van der Waals surface area contributed by atoms with E-state index in [0.29, 0.717) is 30.4 Å². The zero-order valence-corrected chi connectivity index (χ0v) is 19.6. The summed E-state index contributed by atoms with van der Waals surface area (Å²) in [6.45, 7) is 4.11. The molecule has 10 heteroatoms. The molecule has 0 spiro atoms. The summed E-state index contributed by atoms with van der Waals surface area (Å²) in [5.74, 6) is 0.172. The van der Waals surface area contributed by atoms with Gasteiger partial charge in [0.25, 0.3) is 5.91 Å². The Labute approximate surface area is 193 Å². The maximum Gasteiger partial charge on any atom is 0.251 e. The van der Waals surface area contributed by atoms with Gasteiger partial charge in [0.05, 0.1) is 12.8 Å². The molecule has 2 aliphatic heterocycles. The minimum atomic E-state index is -3.68. The highest BCUT2D eigenvalue weighted by molar-refractivity contribution is 7.88. The van der Waals surface area contributed by atoms with Crippen LogP contribution in [0.4, 0.5) is 5.69 Å². The molecule has 0 aliphatic carbocycles. The molecule has 4 rings (SSSR count). The SMILES string of the molecule is Cc1ccccc1CN1C(=O)CN(S(C)(=O)=O)CC1(C)C(=O)Nc1ccc2c(c1)OCCO2. The van der Waals surface area contributed by atoms with Crippen LogP contribution in [0, 0.1) is 6.92 Å². The van der Waals surface area contributed by atoms with Gasteiger partial charge < -0.3 is 19.7 Å². The Bertz CT molecular complexity index is 1200. The standard InChI is InChI=1S/C23H27N3O6S/c1-16-6-4-5-7-17(16)13-26-21(27)14-25(33(3,29)30)15-23(26,2)22(28)24-18-8-9-19-20(12-18)32-11-10-31-19/h4-9,12H,10-11,13-15H2,1-3H3,(H,24,28). The van der Waals surface area contributed by atoms with Gasteiger partial charge in [0, 0.05) is 24.8 Å². The van der Waals surface area contributed by atoms with Crippen molar-refractivity contribution in [2.75, 3.05) is 37.9 Å². The average Bonchev–Trinajstić information content (AvgIpc) is 2.76. The van der Waals surface area contributed by atoms with Crippen LogP contribution in [0.15, 0.2) is 42.5 Å². The van der Waals surface area contributed by atoms with E-state index in [1.807, 2.05) is 31.2 Å². The van der Waals surface area contributed by atoms with Gasteiger partial charge in [-0.25, -0.2) is 8.42 Å². The van der Waals surface area contributed by atoms with Crippen molar-refractivity contribution in [3.05, 3.63) is 53.6 Å². The molecule has 1 unspecified atom stereocenters. The van der Waals surface area contributed by atoms with Gasteiger partial charge in [-0.2, -0.15) is 4.31 Å². The van der Waals surface area contributed by atoms with Crippen molar-refractivity contribution in [3.8, 4) is 11.5 Å². The quantitative estimate of drug-likeness (QED) is 0.710. The molecule has 0 aromatic heterocycles. The molecule has 2 heterocycles. The summed E-state index contributed by atoms with van der Waals surface area (Å²) in [6.07, 6.45) is 1.04. The molecule has 1 fully saturated rings. The van der Waals surface area contributed by atoms with E-state index in [-0.39, 0.29) is 19.6 Å². The van der Waals surface area contributed by atoms with Gasteiger partial charge in [0.2, 0.25) is 15.9 Å². The van der Waals surface area contributed by atoms with E-state index in [4.69, 9.17) is 9.47 Å². The number of rotatable bonds is 5. The summed E-state index contributed by atoms with van der Waals surface area (Å²) in [7, 11) is -3.68. The average molecular weight is 474 g/mol. The number of nitrogens with one attached hydrogen (secondary N) is 1. The molecule has 2 aromatic rings. The minimum absolute atomic E-state index is 0.153. The zero-order chi connectivity index (χ0) is 23.8. The number of carbonyl (C=O) groups excluding carboxylic acids is 2. The lowest BCUT2D eigenvalue weighted by Gasteiger charge is -2.46. The van der Waals surface area contributed by atoms with E-state index in [1.165, 1.54) is 4.90 Å². The highest BCUT2D eigenvalue weighted by Crippen LogP contribution is 2.34. The fourth-order valence-corrected chi connectivity index (χ4v) is 4.86. The van der Waals surface area contributed by atoms with Gasteiger partial charge in [-0.1, -0.05) is 24.3 Å². The number of hydrogen-bond acceptors (Lipinski definition) is 6. The molecule has 2 aliphatic rings. The molecule has 9 nitrogen and oxygen atoms in total. The molecule has 2 aromatic carbocycles. The fourth-order valence-electron chi connectivity index (χ4n) is 4.03. The predicted octanol–water partition coefficient (Wildman–Crippen LogP) is 1.77. The van der Waals surface area contributed by atoms with Crippen molar-refractivity contribution < 1.29 is 27.5 Å². The van der Waals surface area contributed by atoms with Crippen molar-refractivity contribution in [3.63, 3.8) is 0 Å². The second-order valence-corrected chi connectivity index (χ2v) is 10.5. The van der Waals surface area contributed by atoms with Crippen molar-refractivity contribution in [1.29, 1.82) is 0 Å². The van der Waals surface area contributed by atoms with Crippen molar-refractivity contribution in [1.82, 2.24) is 9.21 Å². The van der Waals surface area contributed by atoms with Gasteiger partial charge in [0.15, 0.2) is 11.5 Å². The number of nitrogens with zero attached hydrogens (tertiary/aromatic N) is 2. The van der Waals surface area contributed by atoms with Crippen LogP contribution in [0.3, 0.4) is 0 Å². The lowest BCUT2D eigenvalue weighted by Crippen LogP contribution is -2.68. The molecule has 0 bridgehead atoms. The minimum Gasteiger partial charge on any atom is -0.486 e. The third kappa shape index (κ3) is 4.67. The molecule has 0 radical (unpaired) electrons. The second kappa shape index (κ2) is 8.68. The number of carbonyl (C=O) groups is 2. The first-order valence-corrected chi connectivity index (χ1v) is 12.4. The van der Waals surface area contributed by atoms with Crippen LogP contribution in [0.25, 0.3) is 0 Å². The number of piperazine rings is 1. The van der Waals surface area contributed by atoms with Crippen LogP contribution >= 0.6 is 0 Å². The summed E-state index contributed by atoms with van der Waals surface area (Å²) in [5.41, 5.74) is 0.890. The highest BCUT2D eigenvalue weighted by Gasteiger charge is 2.49. The Hall–Kier alpha value is -3.11. The van der Waals surface area contributed by atoms with E-state index >= 15 is 0 Å². The molecule has 1 atom stereocenters. The predicted molar refractivity (Wildman–Crippen MR) is 123 cm³/mol. The largest absolute Gasteiger partial charge is 0.486 e. The normalized spacial score (nSPS) is 21.1. The van der Waals surface area contributed by atoms with Crippen LogP contribution in [-0.2, 0) is 26.2 Å². The first-order valence-electron chi connectivity index (χ1n) is 10.6. The van der Waals surface area contributed by atoms with E-state index in [9.17, 15) is 18.0 Å². The second-order valence-electron chi connectivity index (χ2n) is 8.52. The molecular weight excluding hydrogens is 446 g/mol.